The largest absolute Gasteiger partial charge is 0.497 e. The van der Waals surface area contributed by atoms with Crippen LogP contribution in [0.1, 0.15) is 0 Å². The molecule has 2 aromatic heterocycles. The van der Waals surface area contributed by atoms with Gasteiger partial charge in [-0.3, -0.25) is 4.98 Å². The first-order chi connectivity index (χ1) is 8.76. The van der Waals surface area contributed by atoms with E-state index >= 15 is 0 Å². The summed E-state index contributed by atoms with van der Waals surface area (Å²) in [6.45, 7) is 0. The van der Waals surface area contributed by atoms with E-state index in [2.05, 4.69) is 17.1 Å². The Morgan fingerprint density at radius 2 is 2.06 bits per heavy atom. The number of methoxy groups -OCH3 is 1. The third-order valence-electron chi connectivity index (χ3n) is 2.76. The normalized spacial score (nSPS) is 10.7. The lowest BCUT2D eigenvalue weighted by molar-refractivity contribution is 0.415. The molecule has 0 amide bonds. The summed E-state index contributed by atoms with van der Waals surface area (Å²) >= 11 is 1.72. The molecule has 0 atom stereocenters. The van der Waals surface area contributed by atoms with Gasteiger partial charge in [-0.25, -0.2) is 0 Å². The number of nitrogens with zero attached hydrogens (tertiary/aromatic N) is 1. The first-order valence-corrected chi connectivity index (χ1v) is 6.37. The third-order valence-corrected chi connectivity index (χ3v) is 3.90. The maximum atomic E-state index is 5.64. The van der Waals surface area contributed by atoms with Gasteiger partial charge in [-0.05, 0) is 41.8 Å². The summed E-state index contributed by atoms with van der Waals surface area (Å²) in [7, 11) is 1.68. The van der Waals surface area contributed by atoms with Crippen LogP contribution in [0.15, 0.2) is 42.6 Å². The molecule has 2 N–H and O–H groups in total. The van der Waals surface area contributed by atoms with Crippen molar-refractivity contribution in [2.45, 2.75) is 0 Å². The Morgan fingerprint density at radius 3 is 2.78 bits per heavy atom. The number of hydrogen-bond acceptors (Lipinski definition) is 4. The monoisotopic (exact) mass is 256 g/mol. The van der Waals surface area contributed by atoms with Crippen LogP contribution < -0.4 is 10.5 Å². The number of nitrogen functional groups attached to an aromatic ring is 1. The number of benzene rings is 1. The molecule has 0 bridgehead atoms. The summed E-state index contributed by atoms with van der Waals surface area (Å²) in [4.78, 5) is 5.48. The van der Waals surface area contributed by atoms with Gasteiger partial charge >= 0.3 is 0 Å². The van der Waals surface area contributed by atoms with Crippen molar-refractivity contribution in [2.24, 2.45) is 0 Å². The second-order valence-electron chi connectivity index (χ2n) is 3.99. The number of rotatable bonds is 2. The Bertz CT molecular complexity index is 689. The minimum atomic E-state index is 0.682. The molecule has 0 spiro atoms. The highest BCUT2D eigenvalue weighted by molar-refractivity contribution is 7.22. The number of pyridine rings is 1. The molecule has 3 nitrogen and oxygen atoms in total. The van der Waals surface area contributed by atoms with Crippen LogP contribution in [-0.4, -0.2) is 12.1 Å². The molecule has 0 fully saturated rings. The van der Waals surface area contributed by atoms with E-state index in [4.69, 9.17) is 10.5 Å². The van der Waals surface area contributed by atoms with Gasteiger partial charge in [0.25, 0.3) is 0 Å². The number of anilines is 1. The first kappa shape index (κ1) is 11.0. The van der Waals surface area contributed by atoms with Crippen molar-refractivity contribution < 1.29 is 4.74 Å². The molecular formula is C14H12N2OS. The van der Waals surface area contributed by atoms with E-state index in [0.29, 0.717) is 5.69 Å². The molecule has 4 heteroatoms. The Hall–Kier alpha value is -2.07. The van der Waals surface area contributed by atoms with Gasteiger partial charge in [0.1, 0.15) is 5.75 Å². The molecule has 1 aromatic carbocycles. The van der Waals surface area contributed by atoms with Crippen LogP contribution in [0.2, 0.25) is 0 Å². The van der Waals surface area contributed by atoms with E-state index in [1.165, 1.54) is 10.1 Å². The van der Waals surface area contributed by atoms with Crippen LogP contribution in [0, 0.1) is 0 Å². The molecule has 0 radical (unpaired) electrons. The average molecular weight is 256 g/mol. The summed E-state index contributed by atoms with van der Waals surface area (Å²) in [5.41, 5.74) is 7.27. The fourth-order valence-electron chi connectivity index (χ4n) is 1.83. The van der Waals surface area contributed by atoms with Gasteiger partial charge in [0, 0.05) is 4.70 Å². The molecule has 0 aliphatic carbocycles. The van der Waals surface area contributed by atoms with Crippen LogP contribution in [0.5, 0.6) is 5.75 Å². The van der Waals surface area contributed by atoms with Crippen molar-refractivity contribution in [3.63, 3.8) is 0 Å². The fraction of sp³-hybridized carbons (Fsp3) is 0.0714. The Kier molecular flexibility index (Phi) is 2.64. The number of nitrogens with two attached hydrogens (primary N) is 1. The smallest absolute Gasteiger partial charge is 0.119 e. The Morgan fingerprint density at radius 1 is 1.17 bits per heavy atom. The lowest BCUT2D eigenvalue weighted by Gasteiger charge is -1.97. The molecule has 0 saturated heterocycles. The lowest BCUT2D eigenvalue weighted by atomic mass is 10.2. The standard InChI is InChI=1S/C14H12N2OS/c1-17-11-3-5-13-9(6-11)7-14(18-13)12-4-2-10(15)8-16-12/h2-8H,15H2,1H3. The number of aromatic nitrogens is 1. The van der Waals surface area contributed by atoms with E-state index in [-0.39, 0.29) is 0 Å². The van der Waals surface area contributed by atoms with Gasteiger partial charge in [0.05, 0.1) is 29.6 Å². The number of fused-ring (bicyclic) bond motifs is 1. The molecular weight excluding hydrogens is 244 g/mol. The fourth-order valence-corrected chi connectivity index (χ4v) is 2.85. The maximum Gasteiger partial charge on any atom is 0.119 e. The maximum absolute atomic E-state index is 5.64. The molecule has 90 valence electrons. The molecule has 0 aliphatic heterocycles. The highest BCUT2D eigenvalue weighted by atomic mass is 32.1. The molecule has 3 rings (SSSR count). The molecule has 0 saturated carbocycles. The summed E-state index contributed by atoms with van der Waals surface area (Å²) in [5.74, 6) is 0.872. The van der Waals surface area contributed by atoms with E-state index in [1.54, 1.807) is 24.6 Å². The van der Waals surface area contributed by atoms with E-state index in [1.807, 2.05) is 24.3 Å². The van der Waals surface area contributed by atoms with Crippen molar-refractivity contribution in [2.75, 3.05) is 12.8 Å². The van der Waals surface area contributed by atoms with Crippen LogP contribution >= 0.6 is 11.3 Å². The second kappa shape index (κ2) is 4.31. The minimum absolute atomic E-state index is 0.682. The number of thiophene rings is 1. The number of hydrogen-bond donors (Lipinski definition) is 1. The van der Waals surface area contributed by atoms with Crippen molar-refractivity contribution in [1.29, 1.82) is 0 Å². The zero-order chi connectivity index (χ0) is 12.5. The van der Waals surface area contributed by atoms with Crippen molar-refractivity contribution in [3.8, 4) is 16.3 Å². The van der Waals surface area contributed by atoms with Gasteiger partial charge in [0.15, 0.2) is 0 Å². The highest BCUT2D eigenvalue weighted by Gasteiger charge is 2.06. The third kappa shape index (κ3) is 1.91. The molecule has 3 aromatic rings. The zero-order valence-electron chi connectivity index (χ0n) is 9.88. The van der Waals surface area contributed by atoms with Crippen LogP contribution in [0.3, 0.4) is 0 Å². The SMILES string of the molecule is COc1ccc2sc(-c3ccc(N)cn3)cc2c1. The quantitative estimate of drug-likeness (QED) is 0.762. The summed E-state index contributed by atoms with van der Waals surface area (Å²) in [6.07, 6.45) is 1.68. The number of ether oxygens (including phenoxy) is 1. The highest BCUT2D eigenvalue weighted by Crippen LogP contribution is 2.34. The van der Waals surface area contributed by atoms with Crippen molar-refractivity contribution in [1.82, 2.24) is 4.98 Å². The van der Waals surface area contributed by atoms with E-state index in [0.717, 1.165) is 16.3 Å². The van der Waals surface area contributed by atoms with Crippen molar-refractivity contribution in [3.05, 3.63) is 42.6 Å². The molecule has 18 heavy (non-hydrogen) atoms. The van der Waals surface area contributed by atoms with Gasteiger partial charge in [-0.15, -0.1) is 11.3 Å². The predicted molar refractivity (Wildman–Crippen MR) is 76.0 cm³/mol. The lowest BCUT2D eigenvalue weighted by Crippen LogP contribution is -1.86. The second-order valence-corrected chi connectivity index (χ2v) is 5.07. The van der Waals surface area contributed by atoms with Gasteiger partial charge < -0.3 is 10.5 Å². The Balaban J connectivity index is 2.10. The van der Waals surface area contributed by atoms with E-state index < -0.39 is 0 Å². The summed E-state index contributed by atoms with van der Waals surface area (Å²) in [5, 5.41) is 1.17. The Labute approximate surface area is 109 Å². The van der Waals surface area contributed by atoms with Gasteiger partial charge in [-0.1, -0.05) is 0 Å². The van der Waals surface area contributed by atoms with Crippen LogP contribution in [0.25, 0.3) is 20.7 Å². The predicted octanol–water partition coefficient (Wildman–Crippen LogP) is 3.55. The van der Waals surface area contributed by atoms with Gasteiger partial charge in [-0.2, -0.15) is 0 Å². The average Bonchev–Trinajstić information content (AvgIpc) is 2.82. The molecule has 0 aliphatic rings. The molecule has 2 heterocycles. The zero-order valence-corrected chi connectivity index (χ0v) is 10.7. The summed E-state index contributed by atoms with van der Waals surface area (Å²) < 4.78 is 6.45. The minimum Gasteiger partial charge on any atom is -0.497 e. The topological polar surface area (TPSA) is 48.1 Å². The van der Waals surface area contributed by atoms with Crippen LogP contribution in [0.4, 0.5) is 5.69 Å². The van der Waals surface area contributed by atoms with Crippen LogP contribution in [-0.2, 0) is 0 Å². The van der Waals surface area contributed by atoms with E-state index in [9.17, 15) is 0 Å². The van der Waals surface area contributed by atoms with Crippen molar-refractivity contribution >= 4 is 27.1 Å². The summed E-state index contributed by atoms with van der Waals surface area (Å²) in [6, 6.07) is 12.0. The van der Waals surface area contributed by atoms with Gasteiger partial charge in [0.2, 0.25) is 0 Å². The first-order valence-electron chi connectivity index (χ1n) is 5.56. The molecule has 0 unspecified atom stereocenters.